The molecule has 2 amide bonds. The van der Waals surface area contributed by atoms with Gasteiger partial charge in [-0.3, -0.25) is 4.90 Å². The van der Waals surface area contributed by atoms with Gasteiger partial charge in [0.1, 0.15) is 11.5 Å². The normalized spacial score (nSPS) is 23.3. The Bertz CT molecular complexity index is 645. The predicted molar refractivity (Wildman–Crippen MR) is 101 cm³/mol. The van der Waals surface area contributed by atoms with Crippen molar-refractivity contribution >= 4 is 6.03 Å². The minimum absolute atomic E-state index is 0.00213. The molecule has 0 radical (unpaired) electrons. The lowest BCUT2D eigenvalue weighted by atomic mass is 9.75. The topological polar surface area (TPSA) is 66.7 Å². The van der Waals surface area contributed by atoms with Gasteiger partial charge in [0.2, 0.25) is 0 Å². The first kappa shape index (κ1) is 19.2. The number of carbonyl (C=O) groups is 1. The van der Waals surface area contributed by atoms with Crippen molar-refractivity contribution in [1.82, 2.24) is 15.5 Å². The summed E-state index contributed by atoms with van der Waals surface area (Å²) < 4.78 is 11.3. The number of hydrogen-bond donors (Lipinski definition) is 2. The molecule has 1 aromatic heterocycles. The smallest absolute Gasteiger partial charge is 0.315 e. The van der Waals surface area contributed by atoms with Crippen molar-refractivity contribution in [1.29, 1.82) is 0 Å². The van der Waals surface area contributed by atoms with Crippen molar-refractivity contribution in [3.05, 3.63) is 23.2 Å². The maximum absolute atomic E-state index is 12.6. The van der Waals surface area contributed by atoms with Crippen molar-refractivity contribution in [3.63, 3.8) is 0 Å². The van der Waals surface area contributed by atoms with Crippen LogP contribution in [0.1, 0.15) is 57.2 Å². The van der Waals surface area contributed by atoms with Crippen molar-refractivity contribution in [3.8, 4) is 0 Å². The van der Waals surface area contributed by atoms with Gasteiger partial charge in [0.05, 0.1) is 19.3 Å². The highest BCUT2D eigenvalue weighted by Crippen LogP contribution is 2.41. The van der Waals surface area contributed by atoms with Crippen LogP contribution in [0.4, 0.5) is 4.79 Å². The molecule has 6 nitrogen and oxygen atoms in total. The summed E-state index contributed by atoms with van der Waals surface area (Å²) in [6.07, 6.45) is 1.83. The molecule has 1 aliphatic carbocycles. The van der Waals surface area contributed by atoms with Crippen molar-refractivity contribution in [2.45, 2.75) is 59.0 Å². The van der Waals surface area contributed by atoms with Gasteiger partial charge in [-0.05, 0) is 38.7 Å². The number of aryl methyl sites for hydroxylation is 1. The Morgan fingerprint density at radius 3 is 2.73 bits per heavy atom. The number of morpholine rings is 1. The molecule has 2 N–H and O–H groups in total. The van der Waals surface area contributed by atoms with Gasteiger partial charge in [-0.25, -0.2) is 4.79 Å². The van der Waals surface area contributed by atoms with E-state index in [1.807, 2.05) is 6.92 Å². The molecule has 0 unspecified atom stereocenters. The number of fused-ring (bicyclic) bond motifs is 1. The molecule has 0 aromatic carbocycles. The molecule has 0 spiro atoms. The zero-order valence-corrected chi connectivity index (χ0v) is 16.8. The van der Waals surface area contributed by atoms with Crippen LogP contribution in [0.3, 0.4) is 0 Å². The van der Waals surface area contributed by atoms with Gasteiger partial charge >= 0.3 is 6.03 Å². The summed E-state index contributed by atoms with van der Waals surface area (Å²) >= 11 is 0. The van der Waals surface area contributed by atoms with Crippen molar-refractivity contribution < 1.29 is 13.9 Å². The second-order valence-electron chi connectivity index (χ2n) is 9.07. The number of hydrogen-bond acceptors (Lipinski definition) is 4. The molecule has 0 saturated carbocycles. The largest absolute Gasteiger partial charge is 0.466 e. The number of urea groups is 1. The van der Waals surface area contributed by atoms with Crippen LogP contribution < -0.4 is 10.6 Å². The summed E-state index contributed by atoms with van der Waals surface area (Å²) in [5, 5.41) is 6.24. The predicted octanol–water partition coefficient (Wildman–Crippen LogP) is 3.01. The Morgan fingerprint density at radius 2 is 2.04 bits per heavy atom. The lowest BCUT2D eigenvalue weighted by Gasteiger charge is -2.41. The number of amides is 2. The first-order valence-electron chi connectivity index (χ1n) is 9.63. The summed E-state index contributed by atoms with van der Waals surface area (Å²) in [6, 6.07) is 1.95. The van der Waals surface area contributed by atoms with Crippen LogP contribution in [0.25, 0.3) is 0 Å². The molecular weight excluding hydrogens is 330 g/mol. The number of ether oxygens (including phenoxy) is 1. The molecule has 2 aliphatic rings. The average molecular weight is 364 g/mol. The Hall–Kier alpha value is -1.53. The van der Waals surface area contributed by atoms with Gasteiger partial charge < -0.3 is 19.8 Å². The average Bonchev–Trinajstić information content (AvgIpc) is 2.93. The fourth-order valence-corrected chi connectivity index (χ4v) is 4.10. The zero-order chi connectivity index (χ0) is 18.9. The minimum atomic E-state index is -0.112. The highest BCUT2D eigenvalue weighted by Gasteiger charge is 2.36. The summed E-state index contributed by atoms with van der Waals surface area (Å²) in [5.74, 6) is 1.92. The lowest BCUT2D eigenvalue weighted by Crippen LogP contribution is -2.56. The van der Waals surface area contributed by atoms with E-state index in [4.69, 9.17) is 9.15 Å². The van der Waals surface area contributed by atoms with E-state index in [0.717, 1.165) is 56.2 Å². The molecule has 1 fully saturated rings. The number of nitrogens with one attached hydrogen (secondary N) is 2. The second kappa shape index (κ2) is 7.24. The first-order chi connectivity index (χ1) is 12.2. The summed E-state index contributed by atoms with van der Waals surface area (Å²) in [7, 11) is 0. The van der Waals surface area contributed by atoms with E-state index in [9.17, 15) is 4.79 Å². The molecule has 2 heterocycles. The fraction of sp³-hybridized carbons (Fsp3) is 0.750. The highest BCUT2D eigenvalue weighted by molar-refractivity contribution is 5.74. The van der Waals surface area contributed by atoms with Gasteiger partial charge in [0, 0.05) is 37.2 Å². The first-order valence-corrected chi connectivity index (χ1v) is 9.63. The molecule has 6 heteroatoms. The summed E-state index contributed by atoms with van der Waals surface area (Å²) in [4.78, 5) is 14.9. The van der Waals surface area contributed by atoms with Crippen LogP contribution in [0, 0.1) is 12.3 Å². The lowest BCUT2D eigenvalue weighted by molar-refractivity contribution is -0.00878. The van der Waals surface area contributed by atoms with E-state index in [1.165, 1.54) is 0 Å². The summed E-state index contributed by atoms with van der Waals surface area (Å²) in [6.45, 7) is 14.7. The number of carbonyl (C=O) groups excluding carboxylic acids is 1. The van der Waals surface area contributed by atoms with Crippen molar-refractivity contribution in [2.75, 3.05) is 32.8 Å². The molecular formula is C20H33N3O3. The van der Waals surface area contributed by atoms with Crippen molar-refractivity contribution in [2.24, 2.45) is 5.41 Å². The number of rotatable bonds is 4. The second-order valence-corrected chi connectivity index (χ2v) is 9.07. The van der Waals surface area contributed by atoms with Gasteiger partial charge in [-0.15, -0.1) is 0 Å². The fourth-order valence-electron chi connectivity index (χ4n) is 4.10. The molecule has 26 heavy (non-hydrogen) atoms. The van der Waals surface area contributed by atoms with Gasteiger partial charge in [-0.2, -0.15) is 0 Å². The highest BCUT2D eigenvalue weighted by atomic mass is 16.5. The Morgan fingerprint density at radius 1 is 1.35 bits per heavy atom. The van der Waals surface area contributed by atoms with E-state index >= 15 is 0 Å². The van der Waals surface area contributed by atoms with E-state index in [1.54, 1.807) is 0 Å². The van der Waals surface area contributed by atoms with Gasteiger partial charge in [-0.1, -0.05) is 13.8 Å². The third kappa shape index (κ3) is 4.41. The Balaban J connectivity index is 1.59. The third-order valence-corrected chi connectivity index (χ3v) is 5.59. The third-order valence-electron chi connectivity index (χ3n) is 5.59. The SMILES string of the molecule is Cc1cc2c(o1)CC(C)(C)C[C@@H]2NC(=O)NCC(C)(C)N1CCOCC1. The standard InChI is InChI=1S/C20H33N3O3/c1-14-10-15-16(11-19(2,3)12-17(15)26-14)22-18(24)21-13-20(4,5)23-6-8-25-9-7-23/h10,16H,6-9,11-13H2,1-5H3,(H2,21,22,24)/t16-/m0/s1. The Kier molecular flexibility index (Phi) is 5.35. The molecule has 3 rings (SSSR count). The molecule has 1 atom stereocenters. The van der Waals surface area contributed by atoms with E-state index in [-0.39, 0.29) is 23.0 Å². The van der Waals surface area contributed by atoms with E-state index < -0.39 is 0 Å². The van der Waals surface area contributed by atoms with Crippen LogP contribution in [0.15, 0.2) is 10.5 Å². The van der Waals surface area contributed by atoms with Crippen LogP contribution in [0.5, 0.6) is 0 Å². The van der Waals surface area contributed by atoms with Crippen LogP contribution in [0.2, 0.25) is 0 Å². The molecule has 146 valence electrons. The minimum Gasteiger partial charge on any atom is -0.466 e. The molecule has 1 aromatic rings. The maximum Gasteiger partial charge on any atom is 0.315 e. The molecule has 1 aliphatic heterocycles. The van der Waals surface area contributed by atoms with E-state index in [0.29, 0.717) is 6.54 Å². The van der Waals surface area contributed by atoms with Gasteiger partial charge in [0.15, 0.2) is 0 Å². The molecule has 1 saturated heterocycles. The quantitative estimate of drug-likeness (QED) is 0.863. The van der Waals surface area contributed by atoms with E-state index in [2.05, 4.69) is 49.3 Å². The van der Waals surface area contributed by atoms with Crippen LogP contribution in [-0.2, 0) is 11.2 Å². The van der Waals surface area contributed by atoms with Crippen LogP contribution >= 0.6 is 0 Å². The maximum atomic E-state index is 12.6. The zero-order valence-electron chi connectivity index (χ0n) is 16.8. The molecule has 0 bridgehead atoms. The van der Waals surface area contributed by atoms with Gasteiger partial charge in [0.25, 0.3) is 0 Å². The monoisotopic (exact) mass is 363 g/mol. The van der Waals surface area contributed by atoms with Crippen LogP contribution in [-0.4, -0.2) is 49.3 Å². The summed E-state index contributed by atoms with van der Waals surface area (Å²) in [5.41, 5.74) is 1.15. The number of nitrogens with zero attached hydrogens (tertiary/aromatic N) is 1. The Labute approximate surface area is 156 Å². The number of furan rings is 1.